The van der Waals surface area contributed by atoms with Crippen LogP contribution < -0.4 is 0 Å². The maximum Gasteiger partial charge on any atom is 0.313 e. The molecule has 0 unspecified atom stereocenters. The highest BCUT2D eigenvalue weighted by atomic mass is 32.2. The van der Waals surface area contributed by atoms with Gasteiger partial charge < -0.3 is 5.11 Å². The standard InChI is InChI=1S/C10H8O2S2/c11-10(12)6-14-9-5-13-8-4-2-1-3-7(8)9/h1-5H,6H2,(H,11,12). The number of rotatable bonds is 3. The quantitative estimate of drug-likeness (QED) is 0.814. The number of fused-ring (bicyclic) bond motifs is 1. The molecule has 0 saturated carbocycles. The van der Waals surface area contributed by atoms with Crippen LogP contribution in [0, 0.1) is 0 Å². The summed E-state index contributed by atoms with van der Waals surface area (Å²) in [7, 11) is 0. The normalized spacial score (nSPS) is 10.6. The monoisotopic (exact) mass is 224 g/mol. The van der Waals surface area contributed by atoms with Gasteiger partial charge in [0.1, 0.15) is 0 Å². The van der Waals surface area contributed by atoms with Gasteiger partial charge in [-0.05, 0) is 6.07 Å². The Bertz CT molecular complexity index is 462. The molecule has 0 spiro atoms. The number of benzene rings is 1. The summed E-state index contributed by atoms with van der Waals surface area (Å²) in [4.78, 5) is 11.5. The lowest BCUT2D eigenvalue weighted by Gasteiger charge is -1.95. The van der Waals surface area contributed by atoms with E-state index < -0.39 is 5.97 Å². The van der Waals surface area contributed by atoms with Crippen LogP contribution in [0.25, 0.3) is 10.1 Å². The summed E-state index contributed by atoms with van der Waals surface area (Å²) in [6, 6.07) is 8.03. The molecular weight excluding hydrogens is 216 g/mol. The Morgan fingerprint density at radius 1 is 1.43 bits per heavy atom. The van der Waals surface area contributed by atoms with Crippen molar-refractivity contribution in [2.45, 2.75) is 4.90 Å². The summed E-state index contributed by atoms with van der Waals surface area (Å²) in [5.41, 5.74) is 0. The number of thiophene rings is 1. The van der Waals surface area contributed by atoms with E-state index in [1.807, 2.05) is 29.6 Å². The van der Waals surface area contributed by atoms with E-state index in [1.54, 1.807) is 11.3 Å². The average molecular weight is 224 g/mol. The van der Waals surface area contributed by atoms with Gasteiger partial charge in [-0.1, -0.05) is 18.2 Å². The third-order valence-electron chi connectivity index (χ3n) is 1.80. The number of aliphatic carboxylic acids is 1. The second-order valence-corrected chi connectivity index (χ2v) is 4.71. The molecule has 72 valence electrons. The summed E-state index contributed by atoms with van der Waals surface area (Å²) >= 11 is 3.03. The number of carboxylic acids is 1. The van der Waals surface area contributed by atoms with Crippen molar-refractivity contribution in [2.24, 2.45) is 0 Å². The minimum Gasteiger partial charge on any atom is -0.481 e. The summed E-state index contributed by atoms with van der Waals surface area (Å²) in [5, 5.41) is 11.7. The molecule has 0 aliphatic rings. The van der Waals surface area contributed by atoms with Crippen LogP contribution in [0.2, 0.25) is 0 Å². The first kappa shape index (κ1) is 9.55. The molecule has 1 aromatic heterocycles. The molecule has 2 aromatic rings. The largest absolute Gasteiger partial charge is 0.481 e. The first-order valence-corrected chi connectivity index (χ1v) is 5.95. The van der Waals surface area contributed by atoms with Gasteiger partial charge in [-0.2, -0.15) is 0 Å². The fourth-order valence-electron chi connectivity index (χ4n) is 1.20. The van der Waals surface area contributed by atoms with Crippen molar-refractivity contribution >= 4 is 39.2 Å². The fraction of sp³-hybridized carbons (Fsp3) is 0.100. The SMILES string of the molecule is O=C(O)CSc1csc2ccccc12. The minimum absolute atomic E-state index is 0.126. The molecule has 1 heterocycles. The first-order valence-electron chi connectivity index (χ1n) is 4.08. The zero-order chi connectivity index (χ0) is 9.97. The van der Waals surface area contributed by atoms with Crippen molar-refractivity contribution < 1.29 is 9.90 Å². The zero-order valence-electron chi connectivity index (χ0n) is 7.27. The van der Waals surface area contributed by atoms with Gasteiger partial charge in [-0.25, -0.2) is 0 Å². The Morgan fingerprint density at radius 2 is 2.21 bits per heavy atom. The Morgan fingerprint density at radius 3 is 3.00 bits per heavy atom. The first-order chi connectivity index (χ1) is 6.77. The molecule has 0 radical (unpaired) electrons. The van der Waals surface area contributed by atoms with Gasteiger partial charge >= 0.3 is 5.97 Å². The summed E-state index contributed by atoms with van der Waals surface area (Å²) in [5.74, 6) is -0.647. The molecule has 2 rings (SSSR count). The molecule has 1 N–H and O–H groups in total. The third kappa shape index (κ3) is 1.91. The molecular formula is C10H8O2S2. The second kappa shape index (κ2) is 4.02. The Hall–Kier alpha value is -1.00. The molecule has 0 atom stereocenters. The number of hydrogen-bond donors (Lipinski definition) is 1. The molecule has 0 fully saturated rings. The van der Waals surface area contributed by atoms with Crippen molar-refractivity contribution in [3.05, 3.63) is 29.6 Å². The van der Waals surface area contributed by atoms with Gasteiger partial charge in [0.05, 0.1) is 5.75 Å². The van der Waals surface area contributed by atoms with Crippen LogP contribution in [-0.4, -0.2) is 16.8 Å². The van der Waals surface area contributed by atoms with E-state index in [0.29, 0.717) is 0 Å². The molecule has 14 heavy (non-hydrogen) atoms. The molecule has 1 aromatic carbocycles. The zero-order valence-corrected chi connectivity index (χ0v) is 8.90. The number of carbonyl (C=O) groups is 1. The van der Waals surface area contributed by atoms with Gasteiger partial charge in [0.25, 0.3) is 0 Å². The van der Waals surface area contributed by atoms with Crippen molar-refractivity contribution in [1.29, 1.82) is 0 Å². The van der Waals surface area contributed by atoms with E-state index in [4.69, 9.17) is 5.11 Å². The van der Waals surface area contributed by atoms with Crippen molar-refractivity contribution in [3.63, 3.8) is 0 Å². The van der Waals surface area contributed by atoms with E-state index in [9.17, 15) is 4.79 Å². The predicted molar refractivity (Wildman–Crippen MR) is 60.2 cm³/mol. The topological polar surface area (TPSA) is 37.3 Å². The number of hydrogen-bond acceptors (Lipinski definition) is 3. The lowest BCUT2D eigenvalue weighted by Crippen LogP contribution is -1.96. The molecule has 2 nitrogen and oxygen atoms in total. The van der Waals surface area contributed by atoms with E-state index in [-0.39, 0.29) is 5.75 Å². The van der Waals surface area contributed by atoms with Crippen LogP contribution in [0.3, 0.4) is 0 Å². The van der Waals surface area contributed by atoms with Crippen LogP contribution in [-0.2, 0) is 4.79 Å². The Balaban J connectivity index is 2.29. The average Bonchev–Trinajstić information content (AvgIpc) is 2.58. The van der Waals surface area contributed by atoms with Gasteiger partial charge in [0, 0.05) is 20.4 Å². The third-order valence-corrected chi connectivity index (χ3v) is 3.95. The van der Waals surface area contributed by atoms with Gasteiger partial charge in [-0.3, -0.25) is 4.79 Å². The minimum atomic E-state index is -0.773. The Labute approximate surface area is 89.6 Å². The van der Waals surface area contributed by atoms with Crippen LogP contribution in [0.5, 0.6) is 0 Å². The number of carboxylic acid groups (broad SMARTS) is 1. The molecule has 4 heteroatoms. The van der Waals surface area contributed by atoms with Crippen LogP contribution in [0.4, 0.5) is 0 Å². The van der Waals surface area contributed by atoms with Crippen LogP contribution >= 0.6 is 23.1 Å². The maximum absolute atomic E-state index is 10.4. The van der Waals surface area contributed by atoms with Gasteiger partial charge in [0.2, 0.25) is 0 Å². The highest BCUT2D eigenvalue weighted by Crippen LogP contribution is 2.32. The number of thioether (sulfide) groups is 1. The molecule has 0 amide bonds. The molecule has 0 aliphatic heterocycles. The van der Waals surface area contributed by atoms with E-state index >= 15 is 0 Å². The summed E-state index contributed by atoms with van der Waals surface area (Å²) in [6.07, 6.45) is 0. The lowest BCUT2D eigenvalue weighted by molar-refractivity contribution is -0.133. The molecule has 0 saturated heterocycles. The highest BCUT2D eigenvalue weighted by molar-refractivity contribution is 8.00. The van der Waals surface area contributed by atoms with E-state index in [1.165, 1.54) is 16.5 Å². The van der Waals surface area contributed by atoms with Crippen LogP contribution in [0.1, 0.15) is 0 Å². The summed E-state index contributed by atoms with van der Waals surface area (Å²) < 4.78 is 1.21. The molecule has 0 bridgehead atoms. The fourth-order valence-corrected chi connectivity index (χ4v) is 3.12. The van der Waals surface area contributed by atoms with Crippen molar-refractivity contribution in [2.75, 3.05) is 5.75 Å². The van der Waals surface area contributed by atoms with Crippen molar-refractivity contribution in [3.8, 4) is 0 Å². The van der Waals surface area contributed by atoms with Gasteiger partial charge in [-0.15, -0.1) is 23.1 Å². The maximum atomic E-state index is 10.4. The molecule has 0 aliphatic carbocycles. The van der Waals surface area contributed by atoms with E-state index in [0.717, 1.165) is 10.3 Å². The lowest BCUT2D eigenvalue weighted by atomic mass is 10.3. The predicted octanol–water partition coefficient (Wildman–Crippen LogP) is 3.08. The van der Waals surface area contributed by atoms with Crippen LogP contribution in [0.15, 0.2) is 34.5 Å². The second-order valence-electron chi connectivity index (χ2n) is 2.78. The van der Waals surface area contributed by atoms with Gasteiger partial charge in [0.15, 0.2) is 0 Å². The highest BCUT2D eigenvalue weighted by Gasteiger charge is 2.05. The van der Waals surface area contributed by atoms with E-state index in [2.05, 4.69) is 0 Å². The Kier molecular flexibility index (Phi) is 2.74. The summed E-state index contributed by atoms with van der Waals surface area (Å²) in [6.45, 7) is 0. The smallest absolute Gasteiger partial charge is 0.313 e. The van der Waals surface area contributed by atoms with Crippen molar-refractivity contribution in [1.82, 2.24) is 0 Å².